The Kier molecular flexibility index (Phi) is 9.80. The molecule has 276 valence electrons. The van der Waals surface area contributed by atoms with E-state index in [0.29, 0.717) is 19.6 Å². The van der Waals surface area contributed by atoms with E-state index in [-0.39, 0.29) is 49.8 Å². The van der Waals surface area contributed by atoms with E-state index in [9.17, 15) is 19.7 Å². The summed E-state index contributed by atoms with van der Waals surface area (Å²) in [6.07, 6.45) is 5.68. The second-order valence-electron chi connectivity index (χ2n) is 19.4. The molecule has 50 heavy (non-hydrogen) atoms. The van der Waals surface area contributed by atoms with Crippen LogP contribution in [0, 0.1) is 38.2 Å². The van der Waals surface area contributed by atoms with Crippen molar-refractivity contribution in [1.29, 1.82) is 0 Å². The van der Waals surface area contributed by atoms with Crippen molar-refractivity contribution in [3.05, 3.63) is 62.7 Å². The fourth-order valence-corrected chi connectivity index (χ4v) is 11.0. The third kappa shape index (κ3) is 6.23. The number of Topliss-reactive ketones (excluding diaryl/α,β-unsaturated/α-hetero) is 1. The van der Waals surface area contributed by atoms with Gasteiger partial charge in [0.15, 0.2) is 22.4 Å². The van der Waals surface area contributed by atoms with E-state index in [4.69, 9.17) is 13.6 Å². The van der Waals surface area contributed by atoms with E-state index in [1.54, 1.807) is 0 Å². The first kappa shape index (κ1) is 38.8. The predicted molar refractivity (Wildman–Crippen MR) is 203 cm³/mol. The van der Waals surface area contributed by atoms with Gasteiger partial charge in [0.05, 0.1) is 10.5 Å². The molecule has 10 heteroatoms. The highest BCUT2D eigenvalue weighted by atomic mass is 28.4. The fourth-order valence-electron chi connectivity index (χ4n) is 8.88. The van der Waals surface area contributed by atoms with Crippen molar-refractivity contribution < 1.29 is 28.1 Å². The van der Waals surface area contributed by atoms with Gasteiger partial charge in [0.1, 0.15) is 6.10 Å². The number of ether oxygens (including phenoxy) is 1. The van der Waals surface area contributed by atoms with Crippen molar-refractivity contribution in [3.63, 3.8) is 0 Å². The van der Waals surface area contributed by atoms with Crippen LogP contribution in [0.3, 0.4) is 0 Å². The quantitative estimate of drug-likeness (QED) is 0.102. The Labute approximate surface area is 302 Å². The van der Waals surface area contributed by atoms with E-state index < -0.39 is 39.0 Å². The standard InChI is InChI=1S/C40H61NO7Si2/c1-26(2)33-30-21-29-31(22-38(30,9)23-32(33)42)39(24-46-49(10,11)36(3,4)5)19-14-20-40(39,25-47-50(12,13)37(6,7)8)34(29)48-35(43)27-15-17-28(18-16-27)41(44)45/h15-18,21,26,31,34H,14,19-20,22-25H2,1-13H3/t31-,34+,38-,39+,40-/m0/s1. The second kappa shape index (κ2) is 12.6. The zero-order valence-corrected chi connectivity index (χ0v) is 34.9. The normalized spacial score (nSPS) is 30.0. The molecule has 0 saturated heterocycles. The lowest BCUT2D eigenvalue weighted by molar-refractivity contribution is -0.384. The van der Waals surface area contributed by atoms with Gasteiger partial charge in [-0.05, 0) is 90.6 Å². The average Bonchev–Trinajstić information content (AvgIpc) is 3.56. The molecule has 5 rings (SSSR count). The number of rotatable bonds is 10. The van der Waals surface area contributed by atoms with Crippen LogP contribution < -0.4 is 0 Å². The van der Waals surface area contributed by atoms with Crippen LogP contribution >= 0.6 is 0 Å². The maximum absolute atomic E-state index is 14.2. The smallest absolute Gasteiger partial charge is 0.338 e. The summed E-state index contributed by atoms with van der Waals surface area (Å²) in [7, 11) is -4.44. The molecule has 0 radical (unpaired) electrons. The maximum Gasteiger partial charge on any atom is 0.338 e. The molecule has 0 amide bonds. The largest absolute Gasteiger partial charge is 0.454 e. The lowest BCUT2D eigenvalue weighted by Crippen LogP contribution is -2.54. The minimum atomic E-state index is -2.24. The number of hydrogen-bond donors (Lipinski definition) is 0. The molecule has 2 saturated carbocycles. The van der Waals surface area contributed by atoms with Crippen molar-refractivity contribution in [2.24, 2.45) is 28.1 Å². The molecule has 1 aromatic carbocycles. The van der Waals surface area contributed by atoms with E-state index in [0.717, 1.165) is 42.4 Å². The number of carbonyl (C=O) groups excluding carboxylic acids is 2. The van der Waals surface area contributed by atoms with Gasteiger partial charge in [-0.3, -0.25) is 14.9 Å². The van der Waals surface area contributed by atoms with Crippen LogP contribution in [0.1, 0.15) is 105 Å². The monoisotopic (exact) mass is 723 g/mol. The molecule has 0 unspecified atom stereocenters. The van der Waals surface area contributed by atoms with E-state index in [1.807, 2.05) is 0 Å². The summed E-state index contributed by atoms with van der Waals surface area (Å²) in [4.78, 5) is 38.7. The molecule has 4 aliphatic carbocycles. The first-order valence-corrected chi connectivity index (χ1v) is 24.4. The van der Waals surface area contributed by atoms with Gasteiger partial charge in [-0.25, -0.2) is 4.79 Å². The summed E-state index contributed by atoms with van der Waals surface area (Å²) in [5, 5.41) is 11.4. The SMILES string of the molecule is CC(C)C1=C2C=C3[C@@H](OC(=O)c4ccc([N+](=O)[O-])cc4)[C@@]4(CO[Si](C)(C)C(C)(C)C)CCC[C@@]4(CO[Si](C)(C)C(C)(C)C)[C@H]3C[C@@]2(C)CC1=O. The zero-order valence-electron chi connectivity index (χ0n) is 32.9. The van der Waals surface area contributed by atoms with Crippen molar-refractivity contribution in [2.45, 2.75) is 137 Å². The molecule has 8 nitrogen and oxygen atoms in total. The van der Waals surface area contributed by atoms with Crippen LogP contribution in [0.15, 0.2) is 47.1 Å². The summed E-state index contributed by atoms with van der Waals surface area (Å²) in [6, 6.07) is 5.67. The van der Waals surface area contributed by atoms with Gasteiger partial charge in [0.2, 0.25) is 0 Å². The molecular weight excluding hydrogens is 663 g/mol. The van der Waals surface area contributed by atoms with E-state index in [1.165, 1.54) is 24.3 Å². The maximum atomic E-state index is 14.2. The summed E-state index contributed by atoms with van der Waals surface area (Å²) in [5.41, 5.74) is 2.06. The topological polar surface area (TPSA) is 105 Å². The molecular formula is C40H61NO7Si2. The predicted octanol–water partition coefficient (Wildman–Crippen LogP) is 10.2. The highest BCUT2D eigenvalue weighted by Gasteiger charge is 2.72. The molecule has 0 heterocycles. The third-order valence-corrected chi connectivity index (χ3v) is 22.9. The molecule has 0 bridgehead atoms. The van der Waals surface area contributed by atoms with Crippen molar-refractivity contribution in [2.75, 3.05) is 13.2 Å². The van der Waals surface area contributed by atoms with Crippen LogP contribution in [0.25, 0.3) is 0 Å². The van der Waals surface area contributed by atoms with Gasteiger partial charge in [-0.15, -0.1) is 0 Å². The Morgan fingerprint density at radius 1 is 0.940 bits per heavy atom. The Bertz CT molecular complexity index is 1610. The number of ketones is 1. The van der Waals surface area contributed by atoms with Crippen molar-refractivity contribution >= 4 is 34.1 Å². The highest BCUT2D eigenvalue weighted by Crippen LogP contribution is 2.73. The Hall–Kier alpha value is -2.41. The number of fused-ring (bicyclic) bond motifs is 4. The number of non-ortho nitro benzene ring substituents is 1. The van der Waals surface area contributed by atoms with Gasteiger partial charge < -0.3 is 13.6 Å². The summed E-state index contributed by atoms with van der Waals surface area (Å²) < 4.78 is 21.2. The van der Waals surface area contributed by atoms with Gasteiger partial charge >= 0.3 is 5.97 Å². The first-order chi connectivity index (χ1) is 22.8. The number of nitrogens with zero attached hydrogens (tertiary/aromatic N) is 1. The zero-order chi connectivity index (χ0) is 37.5. The summed E-state index contributed by atoms with van der Waals surface area (Å²) >= 11 is 0. The van der Waals surface area contributed by atoms with Crippen LogP contribution in [0.5, 0.6) is 0 Å². The minimum Gasteiger partial charge on any atom is -0.454 e. The van der Waals surface area contributed by atoms with Gasteiger partial charge in [0.25, 0.3) is 5.69 Å². The lowest BCUT2D eigenvalue weighted by Gasteiger charge is -2.50. The number of allylic oxidation sites excluding steroid dienone is 3. The number of nitro groups is 1. The Balaban J connectivity index is 1.72. The van der Waals surface area contributed by atoms with Gasteiger partial charge in [-0.2, -0.15) is 0 Å². The minimum absolute atomic E-state index is 0.0139. The number of hydrogen-bond acceptors (Lipinski definition) is 7. The summed E-state index contributed by atoms with van der Waals surface area (Å²) in [6.45, 7) is 30.2. The lowest BCUT2D eigenvalue weighted by atomic mass is 9.59. The average molecular weight is 724 g/mol. The van der Waals surface area contributed by atoms with E-state index >= 15 is 0 Å². The van der Waals surface area contributed by atoms with Gasteiger partial charge in [-0.1, -0.05) is 74.8 Å². The number of carbonyl (C=O) groups is 2. The van der Waals surface area contributed by atoms with Crippen LogP contribution in [0.2, 0.25) is 36.3 Å². The number of benzene rings is 1. The Morgan fingerprint density at radius 2 is 1.46 bits per heavy atom. The molecule has 0 aromatic heterocycles. The van der Waals surface area contributed by atoms with Crippen LogP contribution in [-0.4, -0.2) is 52.6 Å². The fraction of sp³-hybridized carbons (Fsp3) is 0.700. The molecule has 0 spiro atoms. The number of nitro benzene ring substituents is 1. The molecule has 1 aromatic rings. The Morgan fingerprint density at radius 3 is 1.96 bits per heavy atom. The van der Waals surface area contributed by atoms with Crippen molar-refractivity contribution in [1.82, 2.24) is 0 Å². The summed E-state index contributed by atoms with van der Waals surface area (Å²) in [5.74, 6) is -0.153. The van der Waals surface area contributed by atoms with Crippen molar-refractivity contribution in [3.8, 4) is 0 Å². The second-order valence-corrected chi connectivity index (χ2v) is 29.0. The van der Waals surface area contributed by atoms with E-state index in [2.05, 4.69) is 94.6 Å². The highest BCUT2D eigenvalue weighted by molar-refractivity contribution is 6.74. The van der Waals surface area contributed by atoms with Crippen LogP contribution in [0.4, 0.5) is 5.69 Å². The molecule has 4 aliphatic rings. The number of esters is 1. The molecule has 0 aliphatic heterocycles. The third-order valence-electron chi connectivity index (χ3n) is 14.0. The van der Waals surface area contributed by atoms with Crippen LogP contribution in [-0.2, 0) is 18.4 Å². The molecule has 5 atom stereocenters. The molecule has 2 fully saturated rings. The first-order valence-electron chi connectivity index (χ1n) is 18.6. The van der Waals surface area contributed by atoms with Gasteiger partial charge in [0, 0.05) is 53.6 Å². The molecule has 0 N–H and O–H groups in total.